The highest BCUT2D eigenvalue weighted by Crippen LogP contribution is 2.32. The van der Waals surface area contributed by atoms with Crippen molar-refractivity contribution in [3.05, 3.63) is 50.4 Å². The van der Waals surface area contributed by atoms with E-state index in [1.807, 2.05) is 0 Å². The summed E-state index contributed by atoms with van der Waals surface area (Å²) in [7, 11) is 1.60. The Bertz CT molecular complexity index is 632. The van der Waals surface area contributed by atoms with Crippen molar-refractivity contribution in [3.63, 3.8) is 0 Å². The highest BCUT2D eigenvalue weighted by Gasteiger charge is 2.09. The first-order valence-corrected chi connectivity index (χ1v) is 6.00. The third-order valence-corrected chi connectivity index (χ3v) is 3.23. The Hall–Kier alpha value is -1.52. The number of aryl methyl sites for hydroxylation is 1. The molecule has 1 aromatic carbocycles. The Balaban J connectivity index is 2.47. The predicted octanol–water partition coefficient (Wildman–Crippen LogP) is 3.14. The number of nitrogens with one attached hydrogen (secondary N) is 1. The zero-order valence-corrected chi connectivity index (χ0v) is 11.4. The van der Waals surface area contributed by atoms with Gasteiger partial charge in [0.25, 0.3) is 5.56 Å². The fourth-order valence-corrected chi connectivity index (χ4v) is 2.02. The van der Waals surface area contributed by atoms with E-state index in [1.165, 1.54) is 4.68 Å². The minimum Gasteiger partial charge on any atom is -0.351 e. The Labute approximate surface area is 114 Å². The van der Waals surface area contributed by atoms with E-state index in [4.69, 9.17) is 23.2 Å². The number of hydrogen-bond donors (Lipinski definition) is 1. The summed E-state index contributed by atoms with van der Waals surface area (Å²) >= 11 is 12.1. The molecule has 0 aliphatic rings. The summed E-state index contributed by atoms with van der Waals surface area (Å²) in [6.07, 6.45) is 1.57. The first-order chi connectivity index (χ1) is 8.50. The first-order valence-electron chi connectivity index (χ1n) is 5.24. The van der Waals surface area contributed by atoms with Gasteiger partial charge in [-0.05, 0) is 19.1 Å². The van der Waals surface area contributed by atoms with Crippen molar-refractivity contribution in [2.24, 2.45) is 7.05 Å². The van der Waals surface area contributed by atoms with E-state index in [9.17, 15) is 4.79 Å². The number of nitrogens with zero attached hydrogens (tertiary/aromatic N) is 2. The number of halogens is 2. The second-order valence-electron chi connectivity index (χ2n) is 3.83. The molecule has 0 aliphatic heterocycles. The minimum absolute atomic E-state index is 0.164. The van der Waals surface area contributed by atoms with Crippen LogP contribution >= 0.6 is 23.2 Å². The number of aromatic nitrogens is 2. The zero-order valence-electron chi connectivity index (χ0n) is 9.87. The lowest BCUT2D eigenvalue weighted by molar-refractivity contribution is 0.702. The topological polar surface area (TPSA) is 46.9 Å². The van der Waals surface area contributed by atoms with Gasteiger partial charge >= 0.3 is 0 Å². The van der Waals surface area contributed by atoms with Crippen LogP contribution in [0.3, 0.4) is 0 Å². The average Bonchev–Trinajstić information content (AvgIpc) is 2.34. The number of benzene rings is 1. The van der Waals surface area contributed by atoms with Gasteiger partial charge in [0.15, 0.2) is 0 Å². The minimum atomic E-state index is -0.164. The molecule has 0 aliphatic carbocycles. The third kappa shape index (κ3) is 2.35. The quantitative estimate of drug-likeness (QED) is 0.921. The van der Waals surface area contributed by atoms with Gasteiger partial charge in [-0.15, -0.1) is 0 Å². The molecule has 0 atom stereocenters. The molecule has 0 radical (unpaired) electrons. The van der Waals surface area contributed by atoms with Gasteiger partial charge in [-0.3, -0.25) is 4.79 Å². The van der Waals surface area contributed by atoms with Crippen LogP contribution < -0.4 is 10.9 Å². The van der Waals surface area contributed by atoms with Crippen molar-refractivity contribution in [2.45, 2.75) is 6.92 Å². The SMILES string of the molecule is Cc1c(Nc2c(Cl)cccc2Cl)cnn(C)c1=O. The molecule has 0 saturated carbocycles. The van der Waals surface area contributed by atoms with Crippen molar-refractivity contribution >= 4 is 34.6 Å². The Morgan fingerprint density at radius 2 is 1.89 bits per heavy atom. The van der Waals surface area contributed by atoms with Gasteiger partial charge in [-0.1, -0.05) is 29.3 Å². The summed E-state index contributed by atoms with van der Waals surface area (Å²) < 4.78 is 1.27. The molecule has 0 saturated heterocycles. The smallest absolute Gasteiger partial charge is 0.271 e. The van der Waals surface area contributed by atoms with Crippen LogP contribution in [-0.2, 0) is 7.05 Å². The monoisotopic (exact) mass is 283 g/mol. The highest BCUT2D eigenvalue weighted by molar-refractivity contribution is 6.39. The summed E-state index contributed by atoms with van der Waals surface area (Å²) in [5, 5.41) is 7.96. The van der Waals surface area contributed by atoms with Gasteiger partial charge in [0, 0.05) is 12.6 Å². The lowest BCUT2D eigenvalue weighted by atomic mass is 10.2. The maximum Gasteiger partial charge on any atom is 0.271 e. The van der Waals surface area contributed by atoms with E-state index in [1.54, 1.807) is 38.4 Å². The molecular weight excluding hydrogens is 273 g/mol. The molecule has 1 N–H and O–H groups in total. The molecule has 0 spiro atoms. The van der Waals surface area contributed by atoms with Crippen LogP contribution in [0.4, 0.5) is 11.4 Å². The van der Waals surface area contributed by atoms with Gasteiger partial charge in [-0.25, -0.2) is 4.68 Å². The second-order valence-corrected chi connectivity index (χ2v) is 4.65. The molecule has 94 valence electrons. The van der Waals surface area contributed by atoms with Crippen LogP contribution in [0.1, 0.15) is 5.56 Å². The van der Waals surface area contributed by atoms with E-state index in [-0.39, 0.29) is 5.56 Å². The molecule has 0 amide bonds. The van der Waals surface area contributed by atoms with E-state index < -0.39 is 0 Å². The molecule has 1 heterocycles. The molecule has 0 fully saturated rings. The Morgan fingerprint density at radius 1 is 1.28 bits per heavy atom. The van der Waals surface area contributed by atoms with Gasteiger partial charge in [0.05, 0.1) is 27.6 Å². The lowest BCUT2D eigenvalue weighted by Crippen LogP contribution is -2.22. The number of hydrogen-bond acceptors (Lipinski definition) is 3. The molecule has 2 rings (SSSR count). The molecule has 2 aromatic rings. The Morgan fingerprint density at radius 3 is 2.50 bits per heavy atom. The van der Waals surface area contributed by atoms with E-state index >= 15 is 0 Å². The molecule has 4 nitrogen and oxygen atoms in total. The van der Waals surface area contributed by atoms with Crippen LogP contribution in [0.2, 0.25) is 10.0 Å². The zero-order chi connectivity index (χ0) is 13.3. The second kappa shape index (κ2) is 5.00. The molecule has 1 aromatic heterocycles. The largest absolute Gasteiger partial charge is 0.351 e. The third-order valence-electron chi connectivity index (χ3n) is 2.60. The molecule has 18 heavy (non-hydrogen) atoms. The van der Waals surface area contributed by atoms with Crippen molar-refractivity contribution in [1.82, 2.24) is 9.78 Å². The summed E-state index contributed by atoms with van der Waals surface area (Å²) in [5.41, 5.74) is 1.55. The fraction of sp³-hybridized carbons (Fsp3) is 0.167. The molecule has 0 bridgehead atoms. The van der Waals surface area contributed by atoms with E-state index in [2.05, 4.69) is 10.4 Å². The maximum atomic E-state index is 11.7. The van der Waals surface area contributed by atoms with Crippen molar-refractivity contribution < 1.29 is 0 Å². The summed E-state index contributed by atoms with van der Waals surface area (Å²) in [6, 6.07) is 5.20. The van der Waals surface area contributed by atoms with Gasteiger partial charge < -0.3 is 5.32 Å². The fourth-order valence-electron chi connectivity index (χ4n) is 1.53. The summed E-state index contributed by atoms with van der Waals surface area (Å²) in [5.74, 6) is 0. The lowest BCUT2D eigenvalue weighted by Gasteiger charge is -2.12. The number of rotatable bonds is 2. The van der Waals surface area contributed by atoms with Gasteiger partial charge in [0.2, 0.25) is 0 Å². The summed E-state index contributed by atoms with van der Waals surface area (Å²) in [6.45, 7) is 1.72. The molecular formula is C12H11Cl2N3O. The standard InChI is InChI=1S/C12H11Cl2N3O/c1-7-10(6-15-17(2)12(7)18)16-11-8(13)4-3-5-9(11)14/h3-6,16H,1-2H3. The van der Waals surface area contributed by atoms with Crippen LogP contribution in [0.15, 0.2) is 29.2 Å². The van der Waals surface area contributed by atoms with Crippen LogP contribution in [-0.4, -0.2) is 9.78 Å². The van der Waals surface area contributed by atoms with Crippen LogP contribution in [0.5, 0.6) is 0 Å². The van der Waals surface area contributed by atoms with E-state index in [0.29, 0.717) is 27.0 Å². The van der Waals surface area contributed by atoms with Crippen molar-refractivity contribution in [3.8, 4) is 0 Å². The number of para-hydroxylation sites is 1. The Kier molecular flexibility index (Phi) is 3.59. The average molecular weight is 284 g/mol. The van der Waals surface area contributed by atoms with Crippen molar-refractivity contribution in [2.75, 3.05) is 5.32 Å². The maximum absolute atomic E-state index is 11.7. The van der Waals surface area contributed by atoms with Gasteiger partial charge in [-0.2, -0.15) is 5.10 Å². The highest BCUT2D eigenvalue weighted by atomic mass is 35.5. The predicted molar refractivity (Wildman–Crippen MR) is 74.0 cm³/mol. The van der Waals surface area contributed by atoms with Crippen molar-refractivity contribution in [1.29, 1.82) is 0 Å². The number of anilines is 2. The van der Waals surface area contributed by atoms with Crippen LogP contribution in [0.25, 0.3) is 0 Å². The van der Waals surface area contributed by atoms with Crippen LogP contribution in [0, 0.1) is 6.92 Å². The summed E-state index contributed by atoms with van der Waals surface area (Å²) in [4.78, 5) is 11.7. The normalized spacial score (nSPS) is 10.4. The first kappa shape index (κ1) is 12.9. The van der Waals surface area contributed by atoms with Gasteiger partial charge in [0.1, 0.15) is 0 Å². The molecule has 6 heteroatoms. The van der Waals surface area contributed by atoms with E-state index in [0.717, 1.165) is 0 Å². The molecule has 0 unspecified atom stereocenters.